The topological polar surface area (TPSA) is 127 Å². The Morgan fingerprint density at radius 1 is 1.19 bits per heavy atom. The van der Waals surface area contributed by atoms with Crippen LogP contribution in [-0.2, 0) is 30.9 Å². The lowest BCUT2D eigenvalue weighted by Gasteiger charge is -2.36. The Kier molecular flexibility index (Phi) is 10.7. The zero-order valence-corrected chi connectivity index (χ0v) is 27.8. The summed E-state index contributed by atoms with van der Waals surface area (Å²) in [6.07, 6.45) is 5.97. The van der Waals surface area contributed by atoms with Crippen molar-refractivity contribution in [3.63, 3.8) is 0 Å². The quantitative estimate of drug-likeness (QED) is 0.135. The average Bonchev–Trinajstić information content (AvgIpc) is 3.52. The molecular weight excluding hydrogens is 595 g/mol. The number of benzene rings is 1. The SMILES string of the molecule is CC(COCCOCCn1cc(-c2nn(C3CCCCO3)c3c(F)cc(O[Si](C)(C)C(C)(C)C)cc23)cn1)CS(=O)(=O)O. The number of rotatable bonds is 14. The van der Waals surface area contributed by atoms with E-state index in [-0.39, 0.29) is 29.5 Å². The first-order valence-electron chi connectivity index (χ1n) is 14.8. The van der Waals surface area contributed by atoms with Gasteiger partial charge >= 0.3 is 0 Å². The largest absolute Gasteiger partial charge is 0.543 e. The van der Waals surface area contributed by atoms with Gasteiger partial charge in [-0.15, -0.1) is 0 Å². The van der Waals surface area contributed by atoms with Gasteiger partial charge in [-0.25, -0.2) is 9.07 Å². The Morgan fingerprint density at radius 3 is 2.60 bits per heavy atom. The summed E-state index contributed by atoms with van der Waals surface area (Å²) in [5.74, 6) is -0.550. The Balaban J connectivity index is 1.47. The van der Waals surface area contributed by atoms with Crippen LogP contribution in [0.5, 0.6) is 5.75 Å². The summed E-state index contributed by atoms with van der Waals surface area (Å²) >= 11 is 0. The molecule has 0 saturated carbocycles. The Labute approximate surface area is 254 Å². The number of ether oxygens (including phenoxy) is 3. The highest BCUT2D eigenvalue weighted by atomic mass is 32.2. The first-order chi connectivity index (χ1) is 20.1. The monoisotopic (exact) mass is 640 g/mol. The maximum absolute atomic E-state index is 15.8. The molecule has 1 aliphatic rings. The highest BCUT2D eigenvalue weighted by Crippen LogP contribution is 2.40. The highest BCUT2D eigenvalue weighted by molar-refractivity contribution is 7.85. The summed E-state index contributed by atoms with van der Waals surface area (Å²) in [4.78, 5) is 0. The fraction of sp³-hybridized carbons (Fsp3) is 0.655. The molecule has 0 radical (unpaired) electrons. The van der Waals surface area contributed by atoms with Gasteiger partial charge in [-0.2, -0.15) is 18.6 Å². The van der Waals surface area contributed by atoms with E-state index in [0.717, 1.165) is 24.8 Å². The van der Waals surface area contributed by atoms with E-state index in [2.05, 4.69) is 39.0 Å². The van der Waals surface area contributed by atoms with E-state index in [9.17, 15) is 8.42 Å². The van der Waals surface area contributed by atoms with Crippen molar-refractivity contribution in [2.45, 2.75) is 77.9 Å². The van der Waals surface area contributed by atoms with Crippen LogP contribution < -0.4 is 4.43 Å². The standard InChI is InChI=1S/C29H45FN4O7SSi/c1-21(20-42(35,36)37)19-39-14-13-38-12-10-33-18-22(17-31-33)27-24-15-23(41-43(5,6)29(2,3)4)16-25(30)28(24)34(32-27)26-9-7-8-11-40-26/h15-18,21,26H,7-14,19-20H2,1-6H3,(H,35,36,37). The summed E-state index contributed by atoms with van der Waals surface area (Å²) < 4.78 is 73.5. The maximum Gasteiger partial charge on any atom is 0.265 e. The van der Waals surface area contributed by atoms with Gasteiger partial charge in [0.05, 0.1) is 44.9 Å². The summed E-state index contributed by atoms with van der Waals surface area (Å²) in [6, 6.07) is 3.35. The van der Waals surface area contributed by atoms with E-state index in [1.807, 2.05) is 12.3 Å². The van der Waals surface area contributed by atoms with Crippen LogP contribution in [0.25, 0.3) is 22.2 Å². The number of nitrogens with zero attached hydrogens (tertiary/aromatic N) is 4. The zero-order chi connectivity index (χ0) is 31.4. The van der Waals surface area contributed by atoms with Crippen molar-refractivity contribution in [2.75, 3.05) is 38.8 Å². The van der Waals surface area contributed by atoms with Gasteiger partial charge in [0.1, 0.15) is 17.0 Å². The summed E-state index contributed by atoms with van der Waals surface area (Å²) in [5.41, 5.74) is 1.76. The minimum absolute atomic E-state index is 0.0434. The number of hydrogen-bond acceptors (Lipinski definition) is 8. The summed E-state index contributed by atoms with van der Waals surface area (Å²) in [6.45, 7) is 14.7. The van der Waals surface area contributed by atoms with Crippen LogP contribution in [-0.4, -0.2) is 79.6 Å². The van der Waals surface area contributed by atoms with Gasteiger partial charge in [-0.05, 0) is 49.4 Å². The van der Waals surface area contributed by atoms with E-state index < -0.39 is 24.3 Å². The van der Waals surface area contributed by atoms with Crippen molar-refractivity contribution >= 4 is 29.3 Å². The Bertz CT molecular complexity index is 1480. The third-order valence-corrected chi connectivity index (χ3v) is 13.3. The zero-order valence-electron chi connectivity index (χ0n) is 26.0. The van der Waals surface area contributed by atoms with Crippen molar-refractivity contribution in [3.05, 3.63) is 30.3 Å². The van der Waals surface area contributed by atoms with Gasteiger partial charge in [-0.3, -0.25) is 9.23 Å². The van der Waals surface area contributed by atoms with Crippen molar-refractivity contribution in [3.8, 4) is 17.0 Å². The number of fused-ring (bicyclic) bond motifs is 1. The highest BCUT2D eigenvalue weighted by Gasteiger charge is 2.39. The minimum atomic E-state index is -4.01. The third kappa shape index (κ3) is 8.85. The third-order valence-electron chi connectivity index (χ3n) is 7.98. The molecule has 14 heteroatoms. The smallest absolute Gasteiger partial charge is 0.265 e. The fourth-order valence-electron chi connectivity index (χ4n) is 4.72. The molecule has 1 saturated heterocycles. The van der Waals surface area contributed by atoms with Crippen LogP contribution in [0.15, 0.2) is 24.5 Å². The van der Waals surface area contributed by atoms with E-state index in [4.69, 9.17) is 28.3 Å². The second-order valence-electron chi connectivity index (χ2n) is 12.8. The first kappa shape index (κ1) is 33.5. The van der Waals surface area contributed by atoms with Gasteiger partial charge in [0.2, 0.25) is 8.32 Å². The van der Waals surface area contributed by atoms with E-state index in [1.54, 1.807) is 22.5 Å². The molecule has 3 heterocycles. The second kappa shape index (κ2) is 13.7. The lowest BCUT2D eigenvalue weighted by molar-refractivity contribution is -0.0368. The molecule has 1 aliphatic heterocycles. The summed E-state index contributed by atoms with van der Waals surface area (Å²) in [5, 5.41) is 9.95. The van der Waals surface area contributed by atoms with Crippen LogP contribution in [0.2, 0.25) is 18.1 Å². The fourth-order valence-corrected chi connectivity index (χ4v) is 6.55. The molecule has 1 N–H and O–H groups in total. The number of hydrogen-bond donors (Lipinski definition) is 1. The molecule has 0 aliphatic carbocycles. The molecule has 2 aromatic heterocycles. The average molecular weight is 641 g/mol. The molecule has 43 heavy (non-hydrogen) atoms. The van der Waals surface area contributed by atoms with E-state index in [1.165, 1.54) is 6.07 Å². The molecule has 0 bridgehead atoms. The Hall–Kier alpha value is -2.36. The van der Waals surface area contributed by atoms with E-state index >= 15 is 4.39 Å². The van der Waals surface area contributed by atoms with Crippen LogP contribution in [0.4, 0.5) is 4.39 Å². The predicted molar refractivity (Wildman–Crippen MR) is 165 cm³/mol. The molecule has 2 atom stereocenters. The van der Waals surface area contributed by atoms with Gasteiger partial charge < -0.3 is 18.6 Å². The lowest BCUT2D eigenvalue weighted by Crippen LogP contribution is -2.43. The molecule has 2 unspecified atom stereocenters. The van der Waals surface area contributed by atoms with Gasteiger partial charge in [0.25, 0.3) is 10.1 Å². The second-order valence-corrected chi connectivity index (χ2v) is 19.0. The Morgan fingerprint density at radius 2 is 1.93 bits per heavy atom. The molecule has 0 amide bonds. The molecule has 4 rings (SSSR count). The first-order valence-corrected chi connectivity index (χ1v) is 19.3. The van der Waals surface area contributed by atoms with Gasteiger partial charge in [0.15, 0.2) is 12.0 Å². The molecular formula is C29H45FN4O7SSi. The lowest BCUT2D eigenvalue weighted by atomic mass is 10.1. The van der Waals surface area contributed by atoms with Crippen molar-refractivity contribution < 1.29 is 36.0 Å². The van der Waals surface area contributed by atoms with Crippen molar-refractivity contribution in [2.24, 2.45) is 5.92 Å². The normalized spacial score (nSPS) is 17.4. The van der Waals surface area contributed by atoms with Crippen LogP contribution in [0.1, 0.15) is 53.2 Å². The van der Waals surface area contributed by atoms with Gasteiger partial charge in [-0.1, -0.05) is 27.7 Å². The molecule has 1 aromatic carbocycles. The number of aromatic nitrogens is 4. The molecule has 1 fully saturated rings. The van der Waals surface area contributed by atoms with E-state index in [0.29, 0.717) is 55.3 Å². The predicted octanol–water partition coefficient (Wildman–Crippen LogP) is 5.68. The number of halogens is 1. The van der Waals surface area contributed by atoms with Crippen LogP contribution >= 0.6 is 0 Å². The van der Waals surface area contributed by atoms with Gasteiger partial charge in [0, 0.05) is 29.8 Å². The molecule has 0 spiro atoms. The molecule has 240 valence electrons. The molecule has 11 nitrogen and oxygen atoms in total. The van der Waals surface area contributed by atoms with Crippen LogP contribution in [0, 0.1) is 11.7 Å². The minimum Gasteiger partial charge on any atom is -0.543 e. The van der Waals surface area contributed by atoms with Crippen molar-refractivity contribution in [1.29, 1.82) is 0 Å². The summed E-state index contributed by atoms with van der Waals surface area (Å²) in [7, 11) is -6.22. The van der Waals surface area contributed by atoms with Crippen molar-refractivity contribution in [1.82, 2.24) is 19.6 Å². The molecule has 3 aromatic rings. The maximum atomic E-state index is 15.8. The van der Waals surface area contributed by atoms with Crippen LogP contribution in [0.3, 0.4) is 0 Å².